The molecule has 0 atom stereocenters. The van der Waals surface area contributed by atoms with Crippen LogP contribution in [0.4, 0.5) is 4.79 Å². The second-order valence-corrected chi connectivity index (χ2v) is 3.41. The zero-order valence-corrected chi connectivity index (χ0v) is 8.89. The number of primary amides is 1. The highest BCUT2D eigenvalue weighted by Crippen LogP contribution is 2.20. The first-order valence-corrected chi connectivity index (χ1v) is 4.57. The van der Waals surface area contributed by atoms with E-state index in [4.69, 9.17) is 28.9 Å². The van der Waals surface area contributed by atoms with E-state index >= 15 is 0 Å². The minimum atomic E-state index is -0.867. The van der Waals surface area contributed by atoms with Gasteiger partial charge < -0.3 is 5.73 Å². The van der Waals surface area contributed by atoms with E-state index in [1.807, 2.05) is 5.43 Å². The number of benzene rings is 1. The minimum Gasteiger partial charge on any atom is -0.350 e. The molecule has 0 spiro atoms. The average molecular weight is 248 g/mol. The van der Waals surface area contributed by atoms with Crippen LogP contribution in [0.5, 0.6) is 0 Å². The molecule has 0 aromatic heterocycles. The lowest BCUT2D eigenvalue weighted by atomic mass is 10.2. The van der Waals surface area contributed by atoms with E-state index in [2.05, 4.69) is 5.43 Å². The van der Waals surface area contributed by atoms with Crippen molar-refractivity contribution < 1.29 is 9.59 Å². The van der Waals surface area contributed by atoms with Gasteiger partial charge >= 0.3 is 6.03 Å². The van der Waals surface area contributed by atoms with E-state index in [9.17, 15) is 9.59 Å². The summed E-state index contributed by atoms with van der Waals surface area (Å²) in [6, 6.07) is 3.49. The predicted molar refractivity (Wildman–Crippen MR) is 56.6 cm³/mol. The van der Waals surface area contributed by atoms with Crippen molar-refractivity contribution in [1.29, 1.82) is 0 Å². The van der Waals surface area contributed by atoms with Crippen molar-refractivity contribution in [3.8, 4) is 0 Å². The number of carbonyl (C=O) groups excluding carboxylic acids is 2. The summed E-state index contributed by atoms with van der Waals surface area (Å²) in [4.78, 5) is 21.7. The number of hydrogen-bond donors (Lipinski definition) is 3. The Labute approximate surface area is 95.5 Å². The molecule has 0 saturated heterocycles. The van der Waals surface area contributed by atoms with Crippen LogP contribution in [0.1, 0.15) is 10.4 Å². The molecule has 4 N–H and O–H groups in total. The SMILES string of the molecule is NC(=O)NNC(=O)c1ccc(Cl)cc1Cl. The quantitative estimate of drug-likeness (QED) is 0.654. The summed E-state index contributed by atoms with van der Waals surface area (Å²) < 4.78 is 0. The van der Waals surface area contributed by atoms with Gasteiger partial charge in [-0.15, -0.1) is 0 Å². The van der Waals surface area contributed by atoms with Crippen molar-refractivity contribution in [3.05, 3.63) is 33.8 Å². The van der Waals surface area contributed by atoms with Crippen LogP contribution < -0.4 is 16.6 Å². The normalized spacial score (nSPS) is 9.47. The lowest BCUT2D eigenvalue weighted by Gasteiger charge is -2.06. The summed E-state index contributed by atoms with van der Waals surface area (Å²) in [6.07, 6.45) is 0. The molecule has 1 aromatic carbocycles. The third-order valence-electron chi connectivity index (χ3n) is 1.47. The average Bonchev–Trinajstić information content (AvgIpc) is 2.14. The van der Waals surface area contributed by atoms with E-state index in [1.165, 1.54) is 18.2 Å². The number of rotatable bonds is 1. The lowest BCUT2D eigenvalue weighted by Crippen LogP contribution is -2.44. The van der Waals surface area contributed by atoms with Crippen LogP contribution in [0.25, 0.3) is 0 Å². The first-order chi connectivity index (χ1) is 7.00. The number of carbonyl (C=O) groups is 2. The van der Waals surface area contributed by atoms with Crippen molar-refractivity contribution in [1.82, 2.24) is 10.9 Å². The Bertz CT molecular complexity index is 409. The van der Waals surface area contributed by atoms with Crippen molar-refractivity contribution in [3.63, 3.8) is 0 Å². The van der Waals surface area contributed by atoms with Crippen LogP contribution in [0.2, 0.25) is 10.0 Å². The zero-order valence-electron chi connectivity index (χ0n) is 7.38. The largest absolute Gasteiger partial charge is 0.350 e. The molecule has 0 aliphatic rings. The predicted octanol–water partition coefficient (Wildman–Crippen LogP) is 1.31. The van der Waals surface area contributed by atoms with Gasteiger partial charge in [0.25, 0.3) is 5.91 Å². The topological polar surface area (TPSA) is 84.2 Å². The van der Waals surface area contributed by atoms with E-state index < -0.39 is 11.9 Å². The van der Waals surface area contributed by atoms with Crippen LogP contribution in [-0.2, 0) is 0 Å². The van der Waals surface area contributed by atoms with Gasteiger partial charge in [-0.3, -0.25) is 10.2 Å². The Hall–Kier alpha value is -1.46. The summed E-state index contributed by atoms with van der Waals surface area (Å²) in [5.74, 6) is -0.574. The van der Waals surface area contributed by atoms with Crippen LogP contribution in [0.15, 0.2) is 18.2 Å². The maximum Gasteiger partial charge on any atom is 0.330 e. The highest BCUT2D eigenvalue weighted by atomic mass is 35.5. The molecular weight excluding hydrogens is 241 g/mol. The smallest absolute Gasteiger partial charge is 0.330 e. The lowest BCUT2D eigenvalue weighted by molar-refractivity contribution is 0.0937. The Morgan fingerprint density at radius 1 is 1.20 bits per heavy atom. The van der Waals surface area contributed by atoms with Gasteiger partial charge in [0.1, 0.15) is 0 Å². The van der Waals surface area contributed by atoms with Crippen LogP contribution in [0.3, 0.4) is 0 Å². The monoisotopic (exact) mass is 247 g/mol. The maximum absolute atomic E-state index is 11.4. The standard InChI is InChI=1S/C8H7Cl2N3O2/c9-4-1-2-5(6(10)3-4)7(14)12-13-8(11)15/h1-3H,(H,12,14)(H3,11,13,15). The Morgan fingerprint density at radius 3 is 2.40 bits per heavy atom. The number of hydrogen-bond acceptors (Lipinski definition) is 2. The second-order valence-electron chi connectivity index (χ2n) is 2.57. The maximum atomic E-state index is 11.4. The number of urea groups is 1. The highest BCUT2D eigenvalue weighted by Gasteiger charge is 2.10. The fourth-order valence-corrected chi connectivity index (χ4v) is 1.35. The molecule has 15 heavy (non-hydrogen) atoms. The Kier molecular flexibility index (Phi) is 3.76. The molecule has 0 unspecified atom stereocenters. The van der Waals surface area contributed by atoms with Crippen molar-refractivity contribution in [2.75, 3.05) is 0 Å². The highest BCUT2D eigenvalue weighted by molar-refractivity contribution is 6.36. The number of halogens is 2. The molecule has 0 radical (unpaired) electrons. The number of nitrogens with two attached hydrogens (primary N) is 1. The fourth-order valence-electron chi connectivity index (χ4n) is 0.859. The van der Waals surface area contributed by atoms with Gasteiger partial charge in [-0.25, -0.2) is 10.2 Å². The van der Waals surface area contributed by atoms with Crippen molar-refractivity contribution in [2.45, 2.75) is 0 Å². The summed E-state index contributed by atoms with van der Waals surface area (Å²) in [6.45, 7) is 0. The zero-order chi connectivity index (χ0) is 11.4. The summed E-state index contributed by atoms with van der Waals surface area (Å²) in [5.41, 5.74) is 8.95. The molecule has 0 bridgehead atoms. The first-order valence-electron chi connectivity index (χ1n) is 3.81. The molecular formula is C8H7Cl2N3O2. The molecule has 3 amide bonds. The first kappa shape index (κ1) is 11.6. The summed E-state index contributed by atoms with van der Waals surface area (Å²) in [5, 5.41) is 0.602. The third kappa shape index (κ3) is 3.30. The van der Waals surface area contributed by atoms with E-state index in [0.717, 1.165) is 0 Å². The second kappa shape index (κ2) is 4.86. The van der Waals surface area contributed by atoms with Crippen LogP contribution >= 0.6 is 23.2 Å². The number of amides is 3. The van der Waals surface area contributed by atoms with Crippen molar-refractivity contribution in [2.24, 2.45) is 5.73 Å². The van der Waals surface area contributed by atoms with Crippen LogP contribution in [0, 0.1) is 0 Å². The minimum absolute atomic E-state index is 0.186. The molecule has 1 aromatic rings. The molecule has 1 rings (SSSR count). The Morgan fingerprint density at radius 2 is 1.87 bits per heavy atom. The molecule has 0 heterocycles. The van der Waals surface area contributed by atoms with Gasteiger partial charge in [0.2, 0.25) is 0 Å². The van der Waals surface area contributed by atoms with Gasteiger partial charge in [-0.2, -0.15) is 0 Å². The summed E-state index contributed by atoms with van der Waals surface area (Å²) >= 11 is 11.4. The van der Waals surface area contributed by atoms with Gasteiger partial charge in [-0.1, -0.05) is 23.2 Å². The molecule has 80 valence electrons. The Balaban J connectivity index is 2.78. The van der Waals surface area contributed by atoms with Gasteiger partial charge in [0, 0.05) is 5.02 Å². The van der Waals surface area contributed by atoms with E-state index in [1.54, 1.807) is 0 Å². The molecule has 0 saturated carbocycles. The molecule has 0 aliphatic carbocycles. The molecule has 5 nitrogen and oxygen atoms in total. The number of nitrogens with one attached hydrogen (secondary N) is 2. The van der Waals surface area contributed by atoms with Gasteiger partial charge in [0.05, 0.1) is 10.6 Å². The van der Waals surface area contributed by atoms with Gasteiger partial charge in [-0.05, 0) is 18.2 Å². The van der Waals surface area contributed by atoms with Crippen molar-refractivity contribution >= 4 is 35.1 Å². The summed E-state index contributed by atoms with van der Waals surface area (Å²) in [7, 11) is 0. The fraction of sp³-hybridized carbons (Fsp3) is 0. The third-order valence-corrected chi connectivity index (χ3v) is 2.02. The van der Waals surface area contributed by atoms with Crippen LogP contribution in [-0.4, -0.2) is 11.9 Å². The van der Waals surface area contributed by atoms with Gasteiger partial charge in [0.15, 0.2) is 0 Å². The van der Waals surface area contributed by atoms with E-state index in [-0.39, 0.29) is 10.6 Å². The molecule has 7 heteroatoms. The molecule has 0 fully saturated rings. The molecule has 0 aliphatic heterocycles. The number of hydrazine groups is 1. The van der Waals surface area contributed by atoms with E-state index in [0.29, 0.717) is 5.02 Å².